The molecular formula is C49H62O6. The number of carbonyl (C=O) groups excluding carboxylic acids is 3. The van der Waals surface area contributed by atoms with E-state index in [-0.39, 0.29) is 36.8 Å². The topological polar surface area (TPSA) is 78.9 Å². The van der Waals surface area contributed by atoms with Gasteiger partial charge in [0, 0.05) is 0 Å². The fourth-order valence-electron chi connectivity index (χ4n) is 14.4. The van der Waals surface area contributed by atoms with Crippen LogP contribution in [0.25, 0.3) is 21.5 Å². The van der Waals surface area contributed by atoms with Crippen molar-refractivity contribution in [3.05, 3.63) is 54.6 Å². The Morgan fingerprint density at radius 3 is 2.02 bits per heavy atom. The number of rotatable bonds is 11. The zero-order valence-corrected chi connectivity index (χ0v) is 34.2. The van der Waals surface area contributed by atoms with Gasteiger partial charge < -0.3 is 14.2 Å². The van der Waals surface area contributed by atoms with Gasteiger partial charge in [-0.15, -0.1) is 0 Å². The van der Waals surface area contributed by atoms with E-state index in [1.807, 2.05) is 78.8 Å². The third-order valence-electron chi connectivity index (χ3n) is 16.2. The van der Waals surface area contributed by atoms with E-state index < -0.39 is 22.2 Å². The summed E-state index contributed by atoms with van der Waals surface area (Å²) in [4.78, 5) is 42.6. The molecule has 294 valence electrons. The molecule has 6 saturated carbocycles. The average molecular weight is 747 g/mol. The largest absolute Gasteiger partial charge is 0.465 e. The molecule has 6 fully saturated rings. The maximum Gasteiger partial charge on any atom is 0.316 e. The van der Waals surface area contributed by atoms with Crippen molar-refractivity contribution >= 4 is 39.5 Å². The Hall–Kier alpha value is -3.41. The molecule has 0 radical (unpaired) electrons. The second-order valence-electron chi connectivity index (χ2n) is 21.5. The smallest absolute Gasteiger partial charge is 0.316 e. The lowest BCUT2D eigenvalue weighted by molar-refractivity contribution is -0.179. The number of hydrogen-bond donors (Lipinski definition) is 0. The van der Waals surface area contributed by atoms with Crippen molar-refractivity contribution in [1.29, 1.82) is 0 Å². The molecule has 55 heavy (non-hydrogen) atoms. The van der Waals surface area contributed by atoms with Crippen LogP contribution in [0.2, 0.25) is 0 Å². The van der Waals surface area contributed by atoms with Crippen LogP contribution in [0.5, 0.6) is 5.75 Å². The third kappa shape index (κ3) is 6.04. The molecule has 0 aliphatic heterocycles. The van der Waals surface area contributed by atoms with Gasteiger partial charge in [0.2, 0.25) is 0 Å². The predicted octanol–water partition coefficient (Wildman–Crippen LogP) is 11.1. The molecule has 6 aliphatic carbocycles. The Bertz CT molecular complexity index is 2040. The minimum atomic E-state index is -1.14. The van der Waals surface area contributed by atoms with E-state index >= 15 is 0 Å². The standard InChI is InChI=1S/C49H62O6/c1-29(2)26-53-42(50)45(3,4)27-47(7,28-46(5,6)43(51)54-35-13-12-32-20-30-10-8-9-11-31(30)21-34(32)22-35)44(52)55-39-25-49-19-15-36-33-14-17-48(23-33)18-16-37(38(39)24-49)41(49)40(36)48/h8-13,20-22,29,33,36-41H,14-19,23-28H2,1-7H3. The first-order valence-corrected chi connectivity index (χ1v) is 21.5. The molecule has 0 heterocycles. The van der Waals surface area contributed by atoms with Crippen molar-refractivity contribution in [1.82, 2.24) is 0 Å². The first-order valence-electron chi connectivity index (χ1n) is 21.5. The Labute approximate surface area is 327 Å². The first-order chi connectivity index (χ1) is 26.0. The SMILES string of the molecule is CC(C)COC(=O)C(C)(C)CC(C)(CC(C)(C)C(=O)Oc1ccc2cc3ccccc3cc2c1)C(=O)OC1CC23CCC4C5CCC6(CCC(C1C2)C3C46)C5. The lowest BCUT2D eigenvalue weighted by Gasteiger charge is -2.59. The monoisotopic (exact) mass is 746 g/mol. The van der Waals surface area contributed by atoms with Crippen LogP contribution in [0.1, 0.15) is 119 Å². The van der Waals surface area contributed by atoms with Gasteiger partial charge in [0.1, 0.15) is 11.9 Å². The number of esters is 3. The van der Waals surface area contributed by atoms with Crippen LogP contribution in [0.4, 0.5) is 0 Å². The lowest BCUT2D eigenvalue weighted by atomic mass is 9.46. The minimum absolute atomic E-state index is 0.1000. The van der Waals surface area contributed by atoms with E-state index in [9.17, 15) is 14.4 Å². The zero-order valence-electron chi connectivity index (χ0n) is 34.2. The number of hydrogen-bond acceptors (Lipinski definition) is 6. The van der Waals surface area contributed by atoms with Gasteiger partial charge in [-0.05, 0) is 203 Å². The van der Waals surface area contributed by atoms with E-state index in [1.54, 1.807) is 0 Å². The van der Waals surface area contributed by atoms with E-state index in [0.717, 1.165) is 51.6 Å². The molecule has 2 spiro atoms. The summed E-state index contributed by atoms with van der Waals surface area (Å²) in [5, 5.41) is 4.35. The number of benzene rings is 3. The van der Waals surface area contributed by atoms with Crippen molar-refractivity contribution in [2.75, 3.05) is 6.61 Å². The fourth-order valence-corrected chi connectivity index (χ4v) is 14.4. The molecule has 10 unspecified atom stereocenters. The Balaban J connectivity index is 0.955. The maximum absolute atomic E-state index is 14.9. The third-order valence-corrected chi connectivity index (χ3v) is 16.2. The highest BCUT2D eigenvalue weighted by atomic mass is 16.6. The van der Waals surface area contributed by atoms with Gasteiger partial charge in [-0.2, -0.15) is 0 Å². The quantitative estimate of drug-likeness (QED) is 0.110. The van der Waals surface area contributed by atoms with E-state index in [1.165, 1.54) is 51.4 Å². The van der Waals surface area contributed by atoms with Gasteiger partial charge in [0.25, 0.3) is 0 Å². The summed E-state index contributed by atoms with van der Waals surface area (Å²) in [6.45, 7) is 13.7. The molecule has 0 aromatic heterocycles. The summed E-state index contributed by atoms with van der Waals surface area (Å²) in [6.07, 6.45) is 12.2. The summed E-state index contributed by atoms with van der Waals surface area (Å²) < 4.78 is 18.6. The summed E-state index contributed by atoms with van der Waals surface area (Å²) in [7, 11) is 0. The molecule has 3 aromatic carbocycles. The highest BCUT2D eigenvalue weighted by molar-refractivity contribution is 5.99. The van der Waals surface area contributed by atoms with Crippen molar-refractivity contribution in [3.8, 4) is 5.75 Å². The molecule has 4 bridgehead atoms. The average Bonchev–Trinajstić information content (AvgIpc) is 3.88. The number of carbonyl (C=O) groups is 3. The van der Waals surface area contributed by atoms with Crippen molar-refractivity contribution in [2.45, 2.75) is 125 Å². The Morgan fingerprint density at radius 2 is 1.29 bits per heavy atom. The van der Waals surface area contributed by atoms with Crippen LogP contribution in [0, 0.1) is 68.5 Å². The number of ether oxygens (including phenoxy) is 3. The first kappa shape index (κ1) is 37.2. The summed E-state index contributed by atoms with van der Waals surface area (Å²) in [6, 6.07) is 18.2. The molecule has 0 N–H and O–H groups in total. The molecule has 9 rings (SSSR count). The summed E-state index contributed by atoms with van der Waals surface area (Å²) in [5.41, 5.74) is -2.25. The normalized spacial score (nSPS) is 34.1. The molecule has 0 amide bonds. The summed E-state index contributed by atoms with van der Waals surface area (Å²) in [5.74, 6) is 4.32. The molecular weight excluding hydrogens is 685 g/mol. The highest BCUT2D eigenvalue weighted by Crippen LogP contribution is 2.80. The van der Waals surface area contributed by atoms with Crippen molar-refractivity contribution in [2.24, 2.45) is 68.5 Å². The van der Waals surface area contributed by atoms with Gasteiger partial charge in [-0.3, -0.25) is 14.4 Å². The fraction of sp³-hybridized carbons (Fsp3) is 0.653. The molecule has 10 atom stereocenters. The highest BCUT2D eigenvalue weighted by Gasteiger charge is 2.74. The minimum Gasteiger partial charge on any atom is -0.465 e. The van der Waals surface area contributed by atoms with Crippen molar-refractivity contribution < 1.29 is 28.6 Å². The lowest BCUT2D eigenvalue weighted by Crippen LogP contribution is -2.54. The van der Waals surface area contributed by atoms with Gasteiger partial charge in [0.05, 0.1) is 22.9 Å². The zero-order chi connectivity index (χ0) is 38.7. The van der Waals surface area contributed by atoms with Crippen LogP contribution in [0.3, 0.4) is 0 Å². The molecule has 6 heteroatoms. The number of fused-ring (bicyclic) bond motifs is 6. The second kappa shape index (κ2) is 12.8. The van der Waals surface area contributed by atoms with Gasteiger partial charge >= 0.3 is 17.9 Å². The van der Waals surface area contributed by atoms with Crippen LogP contribution >= 0.6 is 0 Å². The molecule has 0 saturated heterocycles. The predicted molar refractivity (Wildman–Crippen MR) is 215 cm³/mol. The van der Waals surface area contributed by atoms with Crippen LogP contribution in [0.15, 0.2) is 54.6 Å². The van der Waals surface area contributed by atoms with E-state index in [0.29, 0.717) is 35.0 Å². The summed E-state index contributed by atoms with van der Waals surface area (Å²) >= 11 is 0. The molecule has 3 aromatic rings. The van der Waals surface area contributed by atoms with Crippen molar-refractivity contribution in [3.63, 3.8) is 0 Å². The van der Waals surface area contributed by atoms with Crippen LogP contribution in [-0.4, -0.2) is 30.6 Å². The Kier molecular flexibility index (Phi) is 8.65. The molecule has 6 nitrogen and oxygen atoms in total. The Morgan fingerprint density at radius 1 is 0.673 bits per heavy atom. The van der Waals surface area contributed by atoms with Crippen LogP contribution < -0.4 is 4.74 Å². The van der Waals surface area contributed by atoms with Gasteiger partial charge in [0.15, 0.2) is 0 Å². The van der Waals surface area contributed by atoms with Gasteiger partial charge in [-0.1, -0.05) is 44.2 Å². The maximum atomic E-state index is 14.9. The van der Waals surface area contributed by atoms with Gasteiger partial charge in [-0.25, -0.2) is 0 Å². The second-order valence-corrected chi connectivity index (χ2v) is 21.5. The molecule has 6 aliphatic rings. The van der Waals surface area contributed by atoms with Crippen LogP contribution in [-0.2, 0) is 23.9 Å². The van der Waals surface area contributed by atoms with E-state index in [2.05, 4.69) is 24.3 Å². The van der Waals surface area contributed by atoms with E-state index in [4.69, 9.17) is 14.2 Å².